The molecule has 0 N–H and O–H groups in total. The third kappa shape index (κ3) is 5.70. The summed E-state index contributed by atoms with van der Waals surface area (Å²) < 4.78 is 13.6. The fourth-order valence-electron chi connectivity index (χ4n) is 5.08. The Morgan fingerprint density at radius 2 is 1.70 bits per heavy atom. The number of halogens is 1. The largest absolute Gasteiger partial charge is 0.303 e. The van der Waals surface area contributed by atoms with Gasteiger partial charge in [0.25, 0.3) is 0 Å². The zero-order valence-corrected chi connectivity index (χ0v) is 18.3. The van der Waals surface area contributed by atoms with E-state index in [0.29, 0.717) is 5.92 Å². The summed E-state index contributed by atoms with van der Waals surface area (Å²) in [6.45, 7) is 5.27. The van der Waals surface area contributed by atoms with E-state index in [1.165, 1.54) is 37.0 Å². The van der Waals surface area contributed by atoms with E-state index in [-0.39, 0.29) is 5.82 Å². The molecule has 1 saturated carbocycles. The molecule has 1 unspecified atom stereocenters. The number of likely N-dealkylation sites (N-methyl/N-ethyl adjacent to an activating group) is 1. The SMILES string of the molecule is CCN(CCCC(C#N)(c1ccc(F)cc1)C1CCCCC1)CCc1ccccc1. The van der Waals surface area contributed by atoms with Crippen LogP contribution >= 0.6 is 0 Å². The summed E-state index contributed by atoms with van der Waals surface area (Å²) in [5.74, 6) is 0.147. The first-order valence-corrected chi connectivity index (χ1v) is 11.6. The molecule has 0 heterocycles. The van der Waals surface area contributed by atoms with Crippen LogP contribution in [0.4, 0.5) is 4.39 Å². The van der Waals surface area contributed by atoms with Crippen LogP contribution in [-0.2, 0) is 11.8 Å². The normalized spacial score (nSPS) is 16.9. The summed E-state index contributed by atoms with van der Waals surface area (Å²) in [5, 5.41) is 10.4. The van der Waals surface area contributed by atoms with E-state index in [4.69, 9.17) is 0 Å². The van der Waals surface area contributed by atoms with Crippen LogP contribution in [0, 0.1) is 23.1 Å². The summed E-state index contributed by atoms with van der Waals surface area (Å²) in [7, 11) is 0. The number of hydrogen-bond acceptors (Lipinski definition) is 2. The van der Waals surface area contributed by atoms with Crippen LogP contribution in [0.2, 0.25) is 0 Å². The minimum atomic E-state index is -0.493. The minimum absolute atomic E-state index is 0.229. The third-order valence-electron chi connectivity index (χ3n) is 6.91. The van der Waals surface area contributed by atoms with Gasteiger partial charge in [0.05, 0.1) is 11.5 Å². The molecule has 0 bridgehead atoms. The van der Waals surface area contributed by atoms with Gasteiger partial charge in [-0.05, 0) is 74.4 Å². The Morgan fingerprint density at radius 1 is 1.00 bits per heavy atom. The van der Waals surface area contributed by atoms with Gasteiger partial charge in [0.2, 0.25) is 0 Å². The van der Waals surface area contributed by atoms with Gasteiger partial charge in [-0.1, -0.05) is 68.7 Å². The summed E-state index contributed by atoms with van der Waals surface area (Å²) in [5.41, 5.74) is 1.88. The number of rotatable bonds is 10. The van der Waals surface area contributed by atoms with Crippen molar-refractivity contribution in [2.45, 2.75) is 63.7 Å². The molecule has 0 amide bonds. The standard InChI is InChI=1S/C27H35FN2/c1-2-30(21-18-23-10-5-3-6-11-23)20-9-19-27(22-29,24-12-7-4-8-13-24)25-14-16-26(28)17-15-25/h3,5-6,10-11,14-17,24H,2,4,7-9,12-13,18-21H2,1H3. The van der Waals surface area contributed by atoms with Gasteiger partial charge in [0.15, 0.2) is 0 Å². The number of benzene rings is 2. The molecule has 0 aliphatic heterocycles. The monoisotopic (exact) mass is 406 g/mol. The highest BCUT2D eigenvalue weighted by Crippen LogP contribution is 2.44. The van der Waals surface area contributed by atoms with Gasteiger partial charge < -0.3 is 4.90 Å². The molecule has 0 saturated heterocycles. The van der Waals surface area contributed by atoms with Crippen LogP contribution in [-0.4, -0.2) is 24.5 Å². The Morgan fingerprint density at radius 3 is 2.33 bits per heavy atom. The van der Waals surface area contributed by atoms with Crippen molar-refractivity contribution in [2.24, 2.45) is 5.92 Å². The Balaban J connectivity index is 1.66. The number of nitrogens with zero attached hydrogens (tertiary/aromatic N) is 2. The maximum Gasteiger partial charge on any atom is 0.123 e. The fourth-order valence-corrected chi connectivity index (χ4v) is 5.08. The lowest BCUT2D eigenvalue weighted by Crippen LogP contribution is -2.37. The molecule has 1 atom stereocenters. The van der Waals surface area contributed by atoms with E-state index in [2.05, 4.69) is 48.2 Å². The molecule has 2 aromatic rings. The second kappa shape index (κ2) is 11.3. The van der Waals surface area contributed by atoms with Crippen LogP contribution in [0.25, 0.3) is 0 Å². The Hall–Kier alpha value is -2.18. The van der Waals surface area contributed by atoms with Crippen LogP contribution in [0.5, 0.6) is 0 Å². The molecular weight excluding hydrogens is 371 g/mol. The lowest BCUT2D eigenvalue weighted by atomic mass is 9.63. The maximum atomic E-state index is 13.6. The molecule has 3 heteroatoms. The first-order chi connectivity index (χ1) is 14.7. The first kappa shape index (κ1) is 22.5. The number of nitriles is 1. The molecule has 0 radical (unpaired) electrons. The molecule has 1 aliphatic carbocycles. The van der Waals surface area contributed by atoms with Crippen molar-refractivity contribution < 1.29 is 4.39 Å². The topological polar surface area (TPSA) is 27.0 Å². The predicted molar refractivity (Wildman–Crippen MR) is 122 cm³/mol. The van der Waals surface area contributed by atoms with Gasteiger partial charge in [0, 0.05) is 6.54 Å². The lowest BCUT2D eigenvalue weighted by Gasteiger charge is -2.38. The second-order valence-electron chi connectivity index (χ2n) is 8.70. The summed E-state index contributed by atoms with van der Waals surface area (Å²) in [6.07, 6.45) is 8.78. The zero-order valence-electron chi connectivity index (χ0n) is 18.3. The highest BCUT2D eigenvalue weighted by molar-refractivity contribution is 5.34. The van der Waals surface area contributed by atoms with Gasteiger partial charge in [-0.3, -0.25) is 0 Å². The molecule has 1 aliphatic rings. The molecule has 30 heavy (non-hydrogen) atoms. The van der Waals surface area contributed by atoms with Crippen molar-refractivity contribution in [3.05, 3.63) is 71.5 Å². The molecule has 1 fully saturated rings. The van der Waals surface area contributed by atoms with E-state index in [9.17, 15) is 9.65 Å². The average Bonchev–Trinajstić information content (AvgIpc) is 2.81. The first-order valence-electron chi connectivity index (χ1n) is 11.6. The van der Waals surface area contributed by atoms with Gasteiger partial charge in [-0.15, -0.1) is 0 Å². The van der Waals surface area contributed by atoms with Crippen LogP contribution in [0.3, 0.4) is 0 Å². The van der Waals surface area contributed by atoms with Crippen molar-refractivity contribution in [3.63, 3.8) is 0 Å². The van der Waals surface area contributed by atoms with Gasteiger partial charge in [-0.2, -0.15) is 5.26 Å². The highest BCUT2D eigenvalue weighted by Gasteiger charge is 2.40. The van der Waals surface area contributed by atoms with E-state index in [1.54, 1.807) is 0 Å². The van der Waals surface area contributed by atoms with Crippen molar-refractivity contribution >= 4 is 0 Å². The molecular formula is C27H35FN2. The molecule has 0 spiro atoms. The smallest absolute Gasteiger partial charge is 0.123 e. The van der Waals surface area contributed by atoms with Gasteiger partial charge >= 0.3 is 0 Å². The van der Waals surface area contributed by atoms with Crippen molar-refractivity contribution in [1.29, 1.82) is 5.26 Å². The highest BCUT2D eigenvalue weighted by atomic mass is 19.1. The summed E-state index contributed by atoms with van der Waals surface area (Å²) in [6, 6.07) is 20.1. The quantitative estimate of drug-likeness (QED) is 0.449. The second-order valence-corrected chi connectivity index (χ2v) is 8.70. The predicted octanol–water partition coefficient (Wildman–Crippen LogP) is 6.51. The zero-order chi connectivity index (χ0) is 21.2. The third-order valence-corrected chi connectivity index (χ3v) is 6.91. The Kier molecular flexibility index (Phi) is 8.46. The Bertz CT molecular complexity index is 790. The van der Waals surface area contributed by atoms with E-state index < -0.39 is 5.41 Å². The summed E-state index contributed by atoms with van der Waals surface area (Å²) in [4.78, 5) is 2.49. The number of hydrogen-bond donors (Lipinski definition) is 0. The van der Waals surface area contributed by atoms with Crippen molar-refractivity contribution in [2.75, 3.05) is 19.6 Å². The lowest BCUT2D eigenvalue weighted by molar-refractivity contribution is 0.218. The average molecular weight is 407 g/mol. The van der Waals surface area contributed by atoms with Crippen molar-refractivity contribution in [1.82, 2.24) is 4.90 Å². The molecule has 2 aromatic carbocycles. The minimum Gasteiger partial charge on any atom is -0.303 e. The maximum absolute atomic E-state index is 13.6. The van der Waals surface area contributed by atoms with Crippen molar-refractivity contribution in [3.8, 4) is 6.07 Å². The molecule has 0 aromatic heterocycles. The van der Waals surface area contributed by atoms with Crippen LogP contribution in [0.15, 0.2) is 54.6 Å². The molecule has 160 valence electrons. The summed E-state index contributed by atoms with van der Waals surface area (Å²) >= 11 is 0. The van der Waals surface area contributed by atoms with Crippen LogP contribution < -0.4 is 0 Å². The van der Waals surface area contributed by atoms with Gasteiger partial charge in [0.1, 0.15) is 5.82 Å². The van der Waals surface area contributed by atoms with Gasteiger partial charge in [-0.25, -0.2) is 4.39 Å². The molecule has 2 nitrogen and oxygen atoms in total. The van der Waals surface area contributed by atoms with E-state index >= 15 is 0 Å². The Labute approximate surface area is 181 Å². The fraction of sp³-hybridized carbons (Fsp3) is 0.519. The van der Waals surface area contributed by atoms with Crippen LogP contribution in [0.1, 0.15) is 63.0 Å². The van der Waals surface area contributed by atoms with E-state index in [1.807, 2.05) is 12.1 Å². The van der Waals surface area contributed by atoms with E-state index in [0.717, 1.165) is 57.3 Å². The molecule has 3 rings (SSSR count).